The fourth-order valence-corrected chi connectivity index (χ4v) is 6.12. The summed E-state index contributed by atoms with van der Waals surface area (Å²) in [4.78, 5) is 69.6. The summed E-state index contributed by atoms with van der Waals surface area (Å²) in [5, 5.41) is 4.78. The highest BCUT2D eigenvalue weighted by Gasteiger charge is 2.65. The van der Waals surface area contributed by atoms with Crippen molar-refractivity contribution in [3.63, 3.8) is 0 Å². The molecule has 5 atom stereocenters. The van der Waals surface area contributed by atoms with Crippen molar-refractivity contribution < 1.29 is 55.4 Å². The quantitative estimate of drug-likeness (QED) is 0.274. The molecule has 0 spiro atoms. The Balaban J connectivity index is 1.57. The smallest absolute Gasteiger partial charge is 0.378 e. The van der Waals surface area contributed by atoms with Crippen molar-refractivity contribution in [3.8, 4) is 0 Å². The summed E-state index contributed by atoms with van der Waals surface area (Å²) in [5.74, 6) is -12.6. The fourth-order valence-electron chi connectivity index (χ4n) is 6.12. The Hall–Kier alpha value is -4.44. The molecule has 16 heteroatoms. The minimum atomic E-state index is -6.19. The summed E-state index contributed by atoms with van der Waals surface area (Å²) < 4.78 is 79.0. The van der Waals surface area contributed by atoms with Gasteiger partial charge in [0.2, 0.25) is 17.6 Å². The van der Waals surface area contributed by atoms with Crippen molar-refractivity contribution in [1.82, 2.24) is 20.4 Å². The molecule has 4 rings (SSSR count). The molecule has 2 aromatic rings. The molecule has 0 saturated carbocycles. The molecule has 2 fully saturated rings. The number of halogens is 5. The number of ketones is 1. The van der Waals surface area contributed by atoms with Crippen molar-refractivity contribution in [3.05, 3.63) is 71.3 Å². The fraction of sp³-hybridized carbons (Fsp3) is 0.541. The number of amides is 4. The summed E-state index contributed by atoms with van der Waals surface area (Å²) >= 11 is 0. The van der Waals surface area contributed by atoms with Crippen LogP contribution in [0.1, 0.15) is 66.8 Å². The molecule has 2 aliphatic rings. The van der Waals surface area contributed by atoms with Crippen LogP contribution >= 0.6 is 0 Å². The van der Waals surface area contributed by atoms with Gasteiger partial charge in [0, 0.05) is 37.2 Å². The number of hydrogen-bond acceptors (Lipinski definition) is 7. The van der Waals surface area contributed by atoms with E-state index >= 15 is 0 Å². The second-order valence-electron chi connectivity index (χ2n) is 13.6. The first-order chi connectivity index (χ1) is 25.0. The molecule has 11 nitrogen and oxygen atoms in total. The Labute approximate surface area is 304 Å². The monoisotopic (exact) mass is 752 g/mol. The largest absolute Gasteiger partial charge is 0.461 e. The summed E-state index contributed by atoms with van der Waals surface area (Å²) in [7, 11) is 0. The average Bonchev–Trinajstić information content (AvgIpc) is 3.58. The third kappa shape index (κ3) is 9.96. The summed E-state index contributed by atoms with van der Waals surface area (Å²) in [6, 6.07) is 9.97. The van der Waals surface area contributed by atoms with Gasteiger partial charge in [-0.2, -0.15) is 22.0 Å². The van der Waals surface area contributed by atoms with Crippen LogP contribution in [0.15, 0.2) is 54.6 Å². The van der Waals surface area contributed by atoms with Crippen LogP contribution in [0.2, 0.25) is 0 Å². The molecule has 0 radical (unpaired) electrons. The highest BCUT2D eigenvalue weighted by molar-refractivity contribution is 6.01. The number of alkyl halides is 5. The number of morpholine rings is 1. The van der Waals surface area contributed by atoms with Crippen LogP contribution in [0.3, 0.4) is 0 Å². The maximum absolute atomic E-state index is 14.3. The number of hydrogen-bond donors (Lipinski definition) is 2. The van der Waals surface area contributed by atoms with E-state index in [1.807, 2.05) is 0 Å². The zero-order chi connectivity index (χ0) is 39.1. The van der Waals surface area contributed by atoms with E-state index in [4.69, 9.17) is 9.47 Å². The van der Waals surface area contributed by atoms with Gasteiger partial charge in [-0.05, 0) is 41.7 Å². The van der Waals surface area contributed by atoms with Crippen molar-refractivity contribution in [1.29, 1.82) is 0 Å². The number of Topliss-reactive ketones (excluding diaryl/α,β-unsaturated/α-hetero) is 1. The number of nitrogens with one attached hydrogen (secondary N) is 2. The number of rotatable bonds is 14. The Morgan fingerprint density at radius 2 is 1.47 bits per heavy atom. The lowest BCUT2D eigenvalue weighted by molar-refractivity contribution is -0.270. The summed E-state index contributed by atoms with van der Waals surface area (Å²) in [5.41, 5.74) is 1.28. The van der Waals surface area contributed by atoms with E-state index in [1.54, 1.807) is 49.1 Å². The lowest BCUT2D eigenvalue weighted by atomic mass is 9.94. The van der Waals surface area contributed by atoms with Gasteiger partial charge < -0.3 is 29.9 Å². The minimum absolute atomic E-state index is 0.0857. The van der Waals surface area contributed by atoms with Crippen LogP contribution in [0.5, 0.6) is 0 Å². The third-order valence-electron chi connectivity index (χ3n) is 9.55. The van der Waals surface area contributed by atoms with Crippen LogP contribution in [-0.4, -0.2) is 108 Å². The van der Waals surface area contributed by atoms with E-state index in [2.05, 4.69) is 10.6 Å². The van der Waals surface area contributed by atoms with Gasteiger partial charge in [0.1, 0.15) is 12.1 Å². The van der Waals surface area contributed by atoms with Crippen molar-refractivity contribution in [2.45, 2.75) is 83.5 Å². The lowest BCUT2D eigenvalue weighted by Crippen LogP contribution is -2.60. The highest BCUT2D eigenvalue weighted by atomic mass is 19.4. The molecule has 2 heterocycles. The first kappa shape index (κ1) is 41.3. The molecule has 0 aliphatic carbocycles. The Morgan fingerprint density at radius 1 is 0.868 bits per heavy atom. The molecule has 53 heavy (non-hydrogen) atoms. The summed E-state index contributed by atoms with van der Waals surface area (Å²) in [6.07, 6.45) is -6.73. The van der Waals surface area contributed by atoms with E-state index in [1.165, 1.54) is 38.1 Å². The van der Waals surface area contributed by atoms with Crippen LogP contribution in [0, 0.1) is 11.8 Å². The lowest BCUT2D eigenvalue weighted by Gasteiger charge is -2.33. The van der Waals surface area contributed by atoms with E-state index < -0.39 is 71.7 Å². The SMILES string of the molecule is CCC(C)[C@H](NC(=O)c1ccc(C(=O)N2CCOCC2)cc1)C(=O)N1C[C@H](OCc2ccccc2)C[C@H]1C(=O)NC(C(=O)C(F)(F)C(F)(F)F)C(C)C. The molecule has 4 amide bonds. The van der Waals surface area contributed by atoms with Gasteiger partial charge in [-0.25, -0.2) is 0 Å². The van der Waals surface area contributed by atoms with Gasteiger partial charge in [0.15, 0.2) is 0 Å². The Bertz CT molecular complexity index is 1600. The molecular formula is C37H45F5N4O7. The average molecular weight is 753 g/mol. The number of carbonyl (C=O) groups excluding carboxylic acids is 5. The van der Waals surface area contributed by atoms with Crippen LogP contribution < -0.4 is 10.6 Å². The Kier molecular flexibility index (Phi) is 13.7. The standard InChI is InChI=1S/C37H45F5N4O7/c1-5-23(4)30(44-32(48)25-11-13-26(14-12-25)34(50)45-15-17-52-18-16-45)35(51)46-20-27(53-21-24-9-7-6-8-10-24)19-28(46)33(49)43-29(22(2)3)31(47)36(38,39)37(40,41)42/h6-14,22-23,27-30H,5,15-21H2,1-4H3,(H,43,49)(H,44,48)/t23?,27-,28+,29?,30+/m1/s1. The first-order valence-electron chi connectivity index (χ1n) is 17.5. The van der Waals surface area contributed by atoms with Gasteiger partial charge in [-0.1, -0.05) is 64.4 Å². The Morgan fingerprint density at radius 3 is 2.04 bits per heavy atom. The maximum atomic E-state index is 14.3. The van der Waals surface area contributed by atoms with Gasteiger partial charge >= 0.3 is 12.1 Å². The highest BCUT2D eigenvalue weighted by Crippen LogP contribution is 2.38. The molecular weight excluding hydrogens is 707 g/mol. The summed E-state index contributed by atoms with van der Waals surface area (Å²) in [6.45, 7) is 7.51. The van der Waals surface area contributed by atoms with Crippen LogP contribution in [-0.2, 0) is 30.5 Å². The van der Waals surface area contributed by atoms with Crippen LogP contribution in [0.4, 0.5) is 22.0 Å². The number of ether oxygens (including phenoxy) is 2. The van der Waals surface area contributed by atoms with Gasteiger partial charge in [-0.3, -0.25) is 24.0 Å². The molecule has 2 saturated heterocycles. The number of likely N-dealkylation sites (tertiary alicyclic amines) is 1. The molecule has 2 N–H and O–H groups in total. The van der Waals surface area contributed by atoms with E-state index in [0.29, 0.717) is 38.3 Å². The van der Waals surface area contributed by atoms with Gasteiger partial charge in [0.25, 0.3) is 11.8 Å². The predicted molar refractivity (Wildman–Crippen MR) is 182 cm³/mol. The van der Waals surface area contributed by atoms with E-state index in [9.17, 15) is 45.9 Å². The second-order valence-corrected chi connectivity index (χ2v) is 13.6. The molecule has 2 aliphatic heterocycles. The molecule has 0 aromatic heterocycles. The maximum Gasteiger partial charge on any atom is 0.461 e. The number of nitrogens with zero attached hydrogens (tertiary/aromatic N) is 2. The zero-order valence-electron chi connectivity index (χ0n) is 30.0. The molecule has 2 unspecified atom stereocenters. The minimum Gasteiger partial charge on any atom is -0.378 e. The third-order valence-corrected chi connectivity index (χ3v) is 9.55. The normalized spacial score (nSPS) is 19.7. The zero-order valence-corrected chi connectivity index (χ0v) is 30.0. The molecule has 0 bridgehead atoms. The number of carbonyl (C=O) groups is 5. The van der Waals surface area contributed by atoms with Crippen molar-refractivity contribution >= 4 is 29.4 Å². The van der Waals surface area contributed by atoms with E-state index in [-0.39, 0.29) is 31.0 Å². The predicted octanol–water partition coefficient (Wildman–Crippen LogP) is 4.40. The number of benzene rings is 2. The molecule has 2 aromatic carbocycles. The van der Waals surface area contributed by atoms with E-state index in [0.717, 1.165) is 10.5 Å². The second kappa shape index (κ2) is 17.6. The van der Waals surface area contributed by atoms with Gasteiger partial charge in [-0.15, -0.1) is 0 Å². The topological polar surface area (TPSA) is 134 Å². The first-order valence-corrected chi connectivity index (χ1v) is 17.5. The van der Waals surface area contributed by atoms with Crippen molar-refractivity contribution in [2.75, 3.05) is 32.8 Å². The van der Waals surface area contributed by atoms with Crippen molar-refractivity contribution in [2.24, 2.45) is 11.8 Å². The van der Waals surface area contributed by atoms with Crippen LogP contribution in [0.25, 0.3) is 0 Å². The van der Waals surface area contributed by atoms with Gasteiger partial charge in [0.05, 0.1) is 32.0 Å². The molecule has 290 valence electrons.